The summed E-state index contributed by atoms with van der Waals surface area (Å²) >= 11 is 0. The van der Waals surface area contributed by atoms with Crippen molar-refractivity contribution >= 4 is 0 Å². The van der Waals surface area contributed by atoms with Crippen LogP contribution in [0, 0.1) is 0 Å². The zero-order valence-corrected chi connectivity index (χ0v) is 4.76. The molecule has 0 aromatic heterocycles. The van der Waals surface area contributed by atoms with Gasteiger partial charge >= 0.3 is 0 Å². The minimum atomic E-state index is -0.370. The van der Waals surface area contributed by atoms with Crippen LogP contribution in [0.15, 0.2) is 29.5 Å². The molecule has 1 rings (SSSR count). The van der Waals surface area contributed by atoms with E-state index in [9.17, 15) is 0 Å². The second-order valence-electron chi connectivity index (χ2n) is 1.80. The van der Waals surface area contributed by atoms with E-state index in [1.807, 2.05) is 12.2 Å². The Morgan fingerprint density at radius 1 is 1.75 bits per heavy atom. The third-order valence-corrected chi connectivity index (χ3v) is 1.07. The van der Waals surface area contributed by atoms with Gasteiger partial charge in [0.1, 0.15) is 0 Å². The lowest BCUT2D eigenvalue weighted by molar-refractivity contribution is 0.236. The number of rotatable bonds is 1. The molecule has 1 aliphatic rings. The highest BCUT2D eigenvalue weighted by atomic mass is 16.3. The van der Waals surface area contributed by atoms with Gasteiger partial charge in [-0.25, -0.2) is 0 Å². The summed E-state index contributed by atoms with van der Waals surface area (Å²) in [6.45, 7) is 1.73. The SMILES string of the molecule is CC(O)C1=C=CC=C1. The van der Waals surface area contributed by atoms with Gasteiger partial charge in [0.05, 0.1) is 6.10 Å². The Morgan fingerprint density at radius 3 is 2.75 bits per heavy atom. The summed E-state index contributed by atoms with van der Waals surface area (Å²) in [5, 5.41) is 8.88. The van der Waals surface area contributed by atoms with Crippen molar-refractivity contribution in [2.75, 3.05) is 0 Å². The van der Waals surface area contributed by atoms with Gasteiger partial charge in [0, 0.05) is 5.57 Å². The lowest BCUT2D eigenvalue weighted by Gasteiger charge is -1.97. The van der Waals surface area contributed by atoms with Gasteiger partial charge in [-0.15, -0.1) is 5.73 Å². The standard InChI is InChI=1S/C7H8O/c1-6(8)7-4-2-3-5-7/h2-4,6,8H,1H3. The zero-order chi connectivity index (χ0) is 5.98. The molecule has 0 saturated heterocycles. The molecule has 0 heterocycles. The molecule has 0 saturated carbocycles. The molecule has 0 aromatic carbocycles. The van der Waals surface area contributed by atoms with Gasteiger partial charge in [0.15, 0.2) is 0 Å². The average molecular weight is 108 g/mol. The van der Waals surface area contributed by atoms with Gasteiger partial charge in [-0.2, -0.15) is 0 Å². The first-order valence-corrected chi connectivity index (χ1v) is 2.62. The molecule has 8 heavy (non-hydrogen) atoms. The van der Waals surface area contributed by atoms with Gasteiger partial charge in [-0.3, -0.25) is 0 Å². The van der Waals surface area contributed by atoms with E-state index in [0.717, 1.165) is 5.57 Å². The molecule has 0 aromatic rings. The Balaban J connectivity index is 2.74. The molecule has 1 atom stereocenters. The fourth-order valence-electron chi connectivity index (χ4n) is 0.604. The van der Waals surface area contributed by atoms with E-state index in [-0.39, 0.29) is 6.10 Å². The maximum absolute atomic E-state index is 8.88. The first kappa shape index (κ1) is 5.36. The van der Waals surface area contributed by atoms with Gasteiger partial charge < -0.3 is 5.11 Å². The van der Waals surface area contributed by atoms with Crippen LogP contribution in [-0.2, 0) is 0 Å². The maximum atomic E-state index is 8.88. The minimum Gasteiger partial charge on any atom is -0.388 e. The van der Waals surface area contributed by atoms with Crippen molar-refractivity contribution in [3.8, 4) is 0 Å². The third kappa shape index (κ3) is 0.890. The molecule has 1 nitrogen and oxygen atoms in total. The first-order valence-electron chi connectivity index (χ1n) is 2.62. The van der Waals surface area contributed by atoms with Crippen molar-refractivity contribution in [2.45, 2.75) is 13.0 Å². The monoisotopic (exact) mass is 108 g/mol. The van der Waals surface area contributed by atoms with Crippen LogP contribution in [0.3, 0.4) is 0 Å². The molecule has 0 aliphatic heterocycles. The van der Waals surface area contributed by atoms with Crippen LogP contribution in [-0.4, -0.2) is 11.2 Å². The molecule has 1 unspecified atom stereocenters. The number of hydrogen-bond acceptors (Lipinski definition) is 1. The molecule has 1 aliphatic carbocycles. The van der Waals surface area contributed by atoms with E-state index in [4.69, 9.17) is 5.11 Å². The van der Waals surface area contributed by atoms with Crippen LogP contribution in [0.5, 0.6) is 0 Å². The quantitative estimate of drug-likeness (QED) is 0.497. The highest BCUT2D eigenvalue weighted by Gasteiger charge is 1.99. The Morgan fingerprint density at radius 2 is 2.50 bits per heavy atom. The second-order valence-corrected chi connectivity index (χ2v) is 1.80. The number of aliphatic hydroxyl groups excluding tert-OH is 1. The lowest BCUT2D eigenvalue weighted by atomic mass is 10.2. The van der Waals surface area contributed by atoms with Crippen LogP contribution in [0.25, 0.3) is 0 Å². The van der Waals surface area contributed by atoms with E-state index >= 15 is 0 Å². The van der Waals surface area contributed by atoms with Crippen LogP contribution in [0.4, 0.5) is 0 Å². The summed E-state index contributed by atoms with van der Waals surface area (Å²) in [6, 6.07) is 0. The molecule has 0 amide bonds. The molecule has 0 radical (unpaired) electrons. The van der Waals surface area contributed by atoms with Gasteiger partial charge in [0.25, 0.3) is 0 Å². The van der Waals surface area contributed by atoms with E-state index in [0.29, 0.717) is 0 Å². The smallest absolute Gasteiger partial charge is 0.0833 e. The number of allylic oxidation sites excluding steroid dienone is 1. The van der Waals surface area contributed by atoms with E-state index in [2.05, 4.69) is 5.73 Å². The summed E-state index contributed by atoms with van der Waals surface area (Å²) in [6.07, 6.45) is 5.14. The van der Waals surface area contributed by atoms with Gasteiger partial charge in [0.2, 0.25) is 0 Å². The van der Waals surface area contributed by atoms with E-state index < -0.39 is 0 Å². The Kier molecular flexibility index (Phi) is 1.34. The molecule has 1 N–H and O–H groups in total. The van der Waals surface area contributed by atoms with Crippen molar-refractivity contribution in [3.05, 3.63) is 29.5 Å². The molecular weight excluding hydrogens is 100 g/mol. The lowest BCUT2D eigenvalue weighted by Crippen LogP contribution is -1.99. The highest BCUT2D eigenvalue weighted by molar-refractivity contribution is 5.31. The predicted molar refractivity (Wildman–Crippen MR) is 32.4 cm³/mol. The average Bonchev–Trinajstić information content (AvgIpc) is 2.12. The molecule has 0 spiro atoms. The maximum Gasteiger partial charge on any atom is 0.0833 e. The molecule has 0 bridgehead atoms. The van der Waals surface area contributed by atoms with Gasteiger partial charge in [-0.05, 0) is 19.1 Å². The summed E-state index contributed by atoms with van der Waals surface area (Å²) in [7, 11) is 0. The van der Waals surface area contributed by atoms with Crippen molar-refractivity contribution in [3.63, 3.8) is 0 Å². The summed E-state index contributed by atoms with van der Waals surface area (Å²) < 4.78 is 0. The Bertz CT molecular complexity index is 169. The van der Waals surface area contributed by atoms with Crippen LogP contribution < -0.4 is 0 Å². The zero-order valence-electron chi connectivity index (χ0n) is 4.76. The van der Waals surface area contributed by atoms with Crippen molar-refractivity contribution in [2.24, 2.45) is 0 Å². The Labute approximate surface area is 48.6 Å². The van der Waals surface area contributed by atoms with Crippen molar-refractivity contribution in [1.82, 2.24) is 0 Å². The summed E-state index contributed by atoms with van der Waals surface area (Å²) in [5.74, 6) is 0. The summed E-state index contributed by atoms with van der Waals surface area (Å²) in [4.78, 5) is 0. The molecular formula is C7H8O. The minimum absolute atomic E-state index is 0.370. The second kappa shape index (κ2) is 1.99. The predicted octanol–water partition coefficient (Wildman–Crippen LogP) is 1.02. The molecule has 0 fully saturated rings. The fraction of sp³-hybridized carbons (Fsp3) is 0.286. The van der Waals surface area contributed by atoms with E-state index in [1.54, 1.807) is 13.0 Å². The third-order valence-electron chi connectivity index (χ3n) is 1.07. The molecule has 1 heteroatoms. The summed E-state index contributed by atoms with van der Waals surface area (Å²) in [5.41, 5.74) is 3.75. The largest absolute Gasteiger partial charge is 0.388 e. The van der Waals surface area contributed by atoms with Crippen LogP contribution in [0.2, 0.25) is 0 Å². The fourth-order valence-corrected chi connectivity index (χ4v) is 0.604. The van der Waals surface area contributed by atoms with E-state index in [1.165, 1.54) is 0 Å². The van der Waals surface area contributed by atoms with Crippen molar-refractivity contribution in [1.29, 1.82) is 0 Å². The van der Waals surface area contributed by atoms with Crippen LogP contribution in [0.1, 0.15) is 6.92 Å². The first-order chi connectivity index (χ1) is 3.80. The number of aliphatic hydroxyl groups is 1. The van der Waals surface area contributed by atoms with Gasteiger partial charge in [-0.1, -0.05) is 6.08 Å². The topological polar surface area (TPSA) is 20.2 Å². The normalized spacial score (nSPS) is 19.0. The number of hydrogen-bond donors (Lipinski definition) is 1. The van der Waals surface area contributed by atoms with Crippen LogP contribution >= 0.6 is 0 Å². The Hall–Kier alpha value is -0.780. The van der Waals surface area contributed by atoms with Crippen molar-refractivity contribution < 1.29 is 5.11 Å². The highest BCUT2D eigenvalue weighted by Crippen LogP contribution is 2.05. The molecule has 42 valence electrons.